The third kappa shape index (κ3) is 5.81. The van der Waals surface area contributed by atoms with Crippen molar-refractivity contribution >= 4 is 11.9 Å². The summed E-state index contributed by atoms with van der Waals surface area (Å²) >= 11 is 0. The van der Waals surface area contributed by atoms with Crippen molar-refractivity contribution in [1.82, 2.24) is 0 Å². The number of para-hydroxylation sites is 1. The molecule has 0 N–H and O–H groups in total. The van der Waals surface area contributed by atoms with E-state index in [4.69, 9.17) is 18.9 Å². The van der Waals surface area contributed by atoms with Gasteiger partial charge in [0.1, 0.15) is 23.9 Å². The van der Waals surface area contributed by atoms with Crippen molar-refractivity contribution < 1.29 is 28.5 Å². The standard InChI is InChI=1S/C20H22O6/c1-3-23-19(21)18(20(22)24-4-2)14-25-15-10-12-17(13-11-15)26-16-8-6-5-7-9-16/h5-13,18H,3-4,14H2,1-2H3. The molecule has 0 aliphatic carbocycles. The Morgan fingerprint density at radius 3 is 1.81 bits per heavy atom. The predicted molar refractivity (Wildman–Crippen MR) is 95.2 cm³/mol. The molecule has 0 radical (unpaired) electrons. The summed E-state index contributed by atoms with van der Waals surface area (Å²) in [5.74, 6) is -0.550. The van der Waals surface area contributed by atoms with Crippen molar-refractivity contribution in [3.05, 3.63) is 54.6 Å². The summed E-state index contributed by atoms with van der Waals surface area (Å²) in [6.45, 7) is 3.55. The fourth-order valence-electron chi connectivity index (χ4n) is 2.13. The molecule has 0 saturated carbocycles. The number of esters is 2. The maximum Gasteiger partial charge on any atom is 0.323 e. The van der Waals surface area contributed by atoms with Gasteiger partial charge in [-0.1, -0.05) is 18.2 Å². The van der Waals surface area contributed by atoms with Gasteiger partial charge >= 0.3 is 11.9 Å². The lowest BCUT2D eigenvalue weighted by Crippen LogP contribution is -2.33. The van der Waals surface area contributed by atoms with Gasteiger partial charge in [-0.2, -0.15) is 0 Å². The molecule has 0 aliphatic heterocycles. The molecule has 0 heterocycles. The molecule has 0 unspecified atom stereocenters. The van der Waals surface area contributed by atoms with Crippen LogP contribution in [0, 0.1) is 5.92 Å². The van der Waals surface area contributed by atoms with E-state index in [0.29, 0.717) is 11.5 Å². The maximum absolute atomic E-state index is 11.9. The summed E-state index contributed by atoms with van der Waals surface area (Å²) in [5.41, 5.74) is 0. The van der Waals surface area contributed by atoms with Gasteiger partial charge < -0.3 is 18.9 Å². The Hall–Kier alpha value is -3.02. The van der Waals surface area contributed by atoms with Gasteiger partial charge in [0.15, 0.2) is 5.92 Å². The Kier molecular flexibility index (Phi) is 7.49. The molecule has 0 saturated heterocycles. The second-order valence-corrected chi connectivity index (χ2v) is 5.25. The van der Waals surface area contributed by atoms with Crippen LogP contribution in [-0.4, -0.2) is 31.8 Å². The summed E-state index contributed by atoms with van der Waals surface area (Å²) in [7, 11) is 0. The lowest BCUT2D eigenvalue weighted by Gasteiger charge is -2.15. The predicted octanol–water partition coefficient (Wildman–Crippen LogP) is 3.60. The Balaban J connectivity index is 1.95. The van der Waals surface area contributed by atoms with E-state index >= 15 is 0 Å². The molecule has 0 amide bonds. The summed E-state index contributed by atoms with van der Waals surface area (Å²) < 4.78 is 21.1. The van der Waals surface area contributed by atoms with Crippen LogP contribution < -0.4 is 9.47 Å². The highest BCUT2D eigenvalue weighted by Gasteiger charge is 2.30. The first kappa shape index (κ1) is 19.3. The van der Waals surface area contributed by atoms with Crippen molar-refractivity contribution in [3.8, 4) is 17.2 Å². The number of hydrogen-bond donors (Lipinski definition) is 0. The van der Waals surface area contributed by atoms with Crippen molar-refractivity contribution in [2.75, 3.05) is 19.8 Å². The van der Waals surface area contributed by atoms with E-state index in [1.807, 2.05) is 30.3 Å². The van der Waals surface area contributed by atoms with E-state index in [2.05, 4.69) is 0 Å². The molecule has 0 aliphatic rings. The van der Waals surface area contributed by atoms with Crippen LogP contribution in [-0.2, 0) is 19.1 Å². The fraction of sp³-hybridized carbons (Fsp3) is 0.300. The topological polar surface area (TPSA) is 71.1 Å². The summed E-state index contributed by atoms with van der Waals surface area (Å²) in [6, 6.07) is 16.3. The average Bonchev–Trinajstić information content (AvgIpc) is 2.64. The quantitative estimate of drug-likeness (QED) is 0.504. The SMILES string of the molecule is CCOC(=O)C(COc1ccc(Oc2ccccc2)cc1)C(=O)OCC. The molecule has 0 spiro atoms. The van der Waals surface area contributed by atoms with E-state index < -0.39 is 17.9 Å². The van der Waals surface area contributed by atoms with Gasteiger partial charge in [0.05, 0.1) is 13.2 Å². The number of benzene rings is 2. The monoisotopic (exact) mass is 358 g/mol. The molecule has 2 rings (SSSR count). The van der Waals surface area contributed by atoms with E-state index in [-0.39, 0.29) is 19.8 Å². The van der Waals surface area contributed by atoms with Crippen LogP contribution in [0.25, 0.3) is 0 Å². The van der Waals surface area contributed by atoms with Gasteiger partial charge in [0, 0.05) is 0 Å². The summed E-state index contributed by atoms with van der Waals surface area (Å²) in [6.07, 6.45) is 0. The lowest BCUT2D eigenvalue weighted by molar-refractivity contribution is -0.162. The van der Waals surface area contributed by atoms with Crippen LogP contribution in [0.2, 0.25) is 0 Å². The average molecular weight is 358 g/mol. The number of carbonyl (C=O) groups is 2. The van der Waals surface area contributed by atoms with Crippen molar-refractivity contribution in [2.45, 2.75) is 13.8 Å². The zero-order valence-electron chi connectivity index (χ0n) is 14.8. The molecule has 0 aromatic heterocycles. The summed E-state index contributed by atoms with van der Waals surface area (Å²) in [4.78, 5) is 23.8. The third-order valence-electron chi connectivity index (χ3n) is 3.36. The van der Waals surface area contributed by atoms with Gasteiger partial charge in [-0.25, -0.2) is 0 Å². The van der Waals surface area contributed by atoms with Crippen LogP contribution >= 0.6 is 0 Å². The van der Waals surface area contributed by atoms with E-state index in [1.165, 1.54) is 0 Å². The van der Waals surface area contributed by atoms with Crippen molar-refractivity contribution in [2.24, 2.45) is 5.92 Å². The van der Waals surface area contributed by atoms with E-state index in [9.17, 15) is 9.59 Å². The largest absolute Gasteiger partial charge is 0.492 e. The van der Waals surface area contributed by atoms with Crippen LogP contribution in [0.5, 0.6) is 17.2 Å². The van der Waals surface area contributed by atoms with Crippen molar-refractivity contribution in [1.29, 1.82) is 0 Å². The number of rotatable bonds is 9. The highest BCUT2D eigenvalue weighted by Crippen LogP contribution is 2.23. The van der Waals surface area contributed by atoms with Crippen molar-refractivity contribution in [3.63, 3.8) is 0 Å². The van der Waals surface area contributed by atoms with Crippen LogP contribution in [0.4, 0.5) is 0 Å². The molecule has 2 aromatic rings. The molecule has 0 bridgehead atoms. The molecule has 0 fully saturated rings. The smallest absolute Gasteiger partial charge is 0.323 e. The lowest BCUT2D eigenvalue weighted by atomic mass is 10.1. The van der Waals surface area contributed by atoms with Gasteiger partial charge in [0.25, 0.3) is 0 Å². The van der Waals surface area contributed by atoms with Gasteiger partial charge in [0.2, 0.25) is 0 Å². The molecule has 6 heteroatoms. The second-order valence-electron chi connectivity index (χ2n) is 5.25. The molecule has 138 valence electrons. The summed E-state index contributed by atoms with van der Waals surface area (Å²) in [5, 5.41) is 0. The van der Waals surface area contributed by atoms with Crippen LogP contribution in [0.15, 0.2) is 54.6 Å². The third-order valence-corrected chi connectivity index (χ3v) is 3.36. The minimum Gasteiger partial charge on any atom is -0.492 e. The van der Waals surface area contributed by atoms with Gasteiger partial charge in [-0.05, 0) is 50.2 Å². The van der Waals surface area contributed by atoms with E-state index in [0.717, 1.165) is 5.75 Å². The molecule has 2 aromatic carbocycles. The fourth-order valence-corrected chi connectivity index (χ4v) is 2.13. The first-order valence-corrected chi connectivity index (χ1v) is 8.43. The molecular weight excluding hydrogens is 336 g/mol. The Bertz CT molecular complexity index is 678. The van der Waals surface area contributed by atoms with Gasteiger partial charge in [-0.15, -0.1) is 0 Å². The first-order valence-electron chi connectivity index (χ1n) is 8.43. The minimum absolute atomic E-state index is 0.156. The highest BCUT2D eigenvalue weighted by atomic mass is 16.6. The number of hydrogen-bond acceptors (Lipinski definition) is 6. The molecule has 6 nitrogen and oxygen atoms in total. The first-order chi connectivity index (χ1) is 12.6. The normalized spacial score (nSPS) is 10.3. The molecule has 0 atom stereocenters. The van der Waals surface area contributed by atoms with Crippen LogP contribution in [0.3, 0.4) is 0 Å². The molecular formula is C20H22O6. The van der Waals surface area contributed by atoms with Crippen LogP contribution in [0.1, 0.15) is 13.8 Å². The zero-order valence-corrected chi connectivity index (χ0v) is 14.8. The minimum atomic E-state index is -1.12. The highest BCUT2D eigenvalue weighted by molar-refractivity contribution is 5.95. The van der Waals surface area contributed by atoms with E-state index in [1.54, 1.807) is 38.1 Å². The second kappa shape index (κ2) is 10.1. The Labute approximate surface area is 152 Å². The zero-order chi connectivity index (χ0) is 18.8. The number of carbonyl (C=O) groups excluding carboxylic acids is 2. The van der Waals surface area contributed by atoms with Gasteiger partial charge in [-0.3, -0.25) is 9.59 Å². The maximum atomic E-state index is 11.9. The Morgan fingerprint density at radius 2 is 1.27 bits per heavy atom. The molecule has 26 heavy (non-hydrogen) atoms. The Morgan fingerprint density at radius 1 is 0.769 bits per heavy atom. The number of ether oxygens (including phenoxy) is 4.